The molecule has 1 fully saturated rings. The van der Waals surface area contributed by atoms with Crippen LogP contribution in [-0.2, 0) is 6.42 Å². The molecule has 0 unspecified atom stereocenters. The summed E-state index contributed by atoms with van der Waals surface area (Å²) in [6.07, 6.45) is 4.92. The second-order valence-electron chi connectivity index (χ2n) is 5.21. The Morgan fingerprint density at radius 1 is 1.16 bits per heavy atom. The lowest BCUT2D eigenvalue weighted by Crippen LogP contribution is -2.29. The van der Waals surface area contributed by atoms with Crippen LogP contribution < -0.4 is 10.1 Å². The van der Waals surface area contributed by atoms with Gasteiger partial charge in [-0.15, -0.1) is 0 Å². The van der Waals surface area contributed by atoms with Crippen LogP contribution >= 0.6 is 0 Å². The topological polar surface area (TPSA) is 24.5 Å². The number of methoxy groups -OCH3 is 1. The third kappa shape index (κ3) is 4.84. The Hall–Kier alpha value is -1.06. The van der Waals surface area contributed by atoms with Gasteiger partial charge in [0.25, 0.3) is 0 Å². The van der Waals surface area contributed by atoms with E-state index >= 15 is 0 Å². The molecule has 0 atom stereocenters. The molecule has 0 bridgehead atoms. The van der Waals surface area contributed by atoms with Crippen molar-refractivity contribution in [2.45, 2.75) is 25.7 Å². The van der Waals surface area contributed by atoms with Crippen LogP contribution in [0.25, 0.3) is 0 Å². The van der Waals surface area contributed by atoms with Crippen molar-refractivity contribution in [2.24, 2.45) is 0 Å². The van der Waals surface area contributed by atoms with Crippen LogP contribution in [0.4, 0.5) is 0 Å². The van der Waals surface area contributed by atoms with Gasteiger partial charge in [-0.2, -0.15) is 0 Å². The minimum absolute atomic E-state index is 1.03. The molecule has 1 heterocycles. The Balaban J connectivity index is 1.68. The standard InChI is InChI=1S/C16H26N2O/c1-19-16-9-3-2-7-15(16)8-4-5-12-18-13-6-10-17-11-14-18/h2-3,7,9,17H,4-6,8,10-14H2,1H3. The van der Waals surface area contributed by atoms with E-state index in [2.05, 4.69) is 28.4 Å². The number of nitrogens with one attached hydrogen (secondary N) is 1. The van der Waals surface area contributed by atoms with Gasteiger partial charge in [-0.3, -0.25) is 0 Å². The van der Waals surface area contributed by atoms with Gasteiger partial charge < -0.3 is 15.0 Å². The number of hydrogen-bond acceptors (Lipinski definition) is 3. The lowest BCUT2D eigenvalue weighted by atomic mass is 10.1. The molecule has 1 N–H and O–H groups in total. The number of nitrogens with zero attached hydrogens (tertiary/aromatic N) is 1. The van der Waals surface area contributed by atoms with E-state index in [1.165, 1.54) is 51.0 Å². The smallest absolute Gasteiger partial charge is 0.122 e. The van der Waals surface area contributed by atoms with Gasteiger partial charge in [0.05, 0.1) is 7.11 Å². The van der Waals surface area contributed by atoms with Crippen molar-refractivity contribution in [3.63, 3.8) is 0 Å². The van der Waals surface area contributed by atoms with E-state index in [1.807, 2.05) is 6.07 Å². The van der Waals surface area contributed by atoms with Gasteiger partial charge >= 0.3 is 0 Å². The largest absolute Gasteiger partial charge is 0.496 e. The molecule has 0 aliphatic carbocycles. The minimum Gasteiger partial charge on any atom is -0.496 e. The van der Waals surface area contributed by atoms with E-state index in [0.717, 1.165) is 18.7 Å². The highest BCUT2D eigenvalue weighted by Gasteiger charge is 2.08. The SMILES string of the molecule is COc1ccccc1CCCCN1CCCNCC1. The first-order valence-electron chi connectivity index (χ1n) is 7.45. The van der Waals surface area contributed by atoms with Crippen molar-refractivity contribution in [3.05, 3.63) is 29.8 Å². The minimum atomic E-state index is 1.03. The molecule has 3 nitrogen and oxygen atoms in total. The number of unbranched alkanes of at least 4 members (excludes halogenated alkanes) is 1. The number of para-hydroxylation sites is 1. The quantitative estimate of drug-likeness (QED) is 0.796. The summed E-state index contributed by atoms with van der Waals surface area (Å²) in [6.45, 7) is 6.01. The van der Waals surface area contributed by atoms with Crippen LogP contribution in [0.15, 0.2) is 24.3 Å². The first-order chi connectivity index (χ1) is 9.40. The van der Waals surface area contributed by atoms with E-state index in [1.54, 1.807) is 7.11 Å². The van der Waals surface area contributed by atoms with Crippen LogP contribution in [0, 0.1) is 0 Å². The second-order valence-corrected chi connectivity index (χ2v) is 5.21. The summed E-state index contributed by atoms with van der Waals surface area (Å²) in [7, 11) is 1.75. The van der Waals surface area contributed by atoms with Gasteiger partial charge in [-0.05, 0) is 56.9 Å². The van der Waals surface area contributed by atoms with Gasteiger partial charge in [0.1, 0.15) is 5.75 Å². The summed E-state index contributed by atoms with van der Waals surface area (Å²) in [6, 6.07) is 8.36. The van der Waals surface area contributed by atoms with Crippen LogP contribution in [-0.4, -0.2) is 44.7 Å². The number of hydrogen-bond donors (Lipinski definition) is 1. The van der Waals surface area contributed by atoms with Gasteiger partial charge in [0.15, 0.2) is 0 Å². The monoisotopic (exact) mass is 262 g/mol. The Bertz CT molecular complexity index is 360. The summed E-state index contributed by atoms with van der Waals surface area (Å²) >= 11 is 0. The Morgan fingerprint density at radius 2 is 2.05 bits per heavy atom. The van der Waals surface area contributed by atoms with Crippen LogP contribution in [0.2, 0.25) is 0 Å². The summed E-state index contributed by atoms with van der Waals surface area (Å²) < 4.78 is 5.39. The van der Waals surface area contributed by atoms with Crippen molar-refractivity contribution < 1.29 is 4.74 Å². The maximum atomic E-state index is 5.39. The fraction of sp³-hybridized carbons (Fsp3) is 0.625. The number of benzene rings is 1. The van der Waals surface area contributed by atoms with Gasteiger partial charge in [0.2, 0.25) is 0 Å². The van der Waals surface area contributed by atoms with Gasteiger partial charge in [-0.25, -0.2) is 0 Å². The van der Waals surface area contributed by atoms with Crippen molar-refractivity contribution in [3.8, 4) is 5.75 Å². The van der Waals surface area contributed by atoms with Gasteiger partial charge in [0, 0.05) is 13.1 Å². The number of rotatable bonds is 6. The van der Waals surface area contributed by atoms with E-state index in [0.29, 0.717) is 0 Å². The molecule has 0 radical (unpaired) electrons. The first-order valence-corrected chi connectivity index (χ1v) is 7.45. The van der Waals surface area contributed by atoms with Crippen LogP contribution in [0.5, 0.6) is 5.75 Å². The fourth-order valence-electron chi connectivity index (χ4n) is 2.69. The van der Waals surface area contributed by atoms with Crippen LogP contribution in [0.3, 0.4) is 0 Å². The molecule has 1 saturated heterocycles. The fourth-order valence-corrected chi connectivity index (χ4v) is 2.69. The lowest BCUT2D eigenvalue weighted by molar-refractivity contribution is 0.286. The number of aryl methyl sites for hydroxylation is 1. The molecule has 0 spiro atoms. The summed E-state index contributed by atoms with van der Waals surface area (Å²) in [5.41, 5.74) is 1.34. The highest BCUT2D eigenvalue weighted by Crippen LogP contribution is 2.19. The molecule has 0 saturated carbocycles. The highest BCUT2D eigenvalue weighted by atomic mass is 16.5. The predicted molar refractivity (Wildman–Crippen MR) is 79.9 cm³/mol. The third-order valence-corrected chi connectivity index (χ3v) is 3.80. The molecule has 0 amide bonds. The predicted octanol–water partition coefficient (Wildman–Crippen LogP) is 2.31. The normalized spacial score (nSPS) is 17.1. The summed E-state index contributed by atoms with van der Waals surface area (Å²) in [5, 5.41) is 3.45. The zero-order valence-corrected chi connectivity index (χ0v) is 12.0. The molecule has 1 aliphatic rings. The van der Waals surface area contributed by atoms with Crippen molar-refractivity contribution in [1.82, 2.24) is 10.2 Å². The number of ether oxygens (including phenoxy) is 1. The molecule has 2 rings (SSSR count). The summed E-state index contributed by atoms with van der Waals surface area (Å²) in [5.74, 6) is 1.03. The highest BCUT2D eigenvalue weighted by molar-refractivity contribution is 5.33. The molecule has 0 aromatic heterocycles. The third-order valence-electron chi connectivity index (χ3n) is 3.80. The molecular weight excluding hydrogens is 236 g/mol. The zero-order valence-electron chi connectivity index (χ0n) is 12.0. The van der Waals surface area contributed by atoms with Crippen molar-refractivity contribution in [1.29, 1.82) is 0 Å². The van der Waals surface area contributed by atoms with E-state index in [9.17, 15) is 0 Å². The molecule has 1 aromatic carbocycles. The molecule has 3 heteroatoms. The molecular formula is C16H26N2O. The maximum Gasteiger partial charge on any atom is 0.122 e. The average Bonchev–Trinajstić information content (AvgIpc) is 2.72. The Morgan fingerprint density at radius 3 is 2.95 bits per heavy atom. The maximum absolute atomic E-state index is 5.39. The average molecular weight is 262 g/mol. The van der Waals surface area contributed by atoms with E-state index in [-0.39, 0.29) is 0 Å². The van der Waals surface area contributed by atoms with Gasteiger partial charge in [-0.1, -0.05) is 18.2 Å². The molecule has 19 heavy (non-hydrogen) atoms. The second kappa shape index (κ2) is 8.18. The van der Waals surface area contributed by atoms with Crippen LogP contribution in [0.1, 0.15) is 24.8 Å². The molecule has 1 aromatic rings. The molecule has 106 valence electrons. The van der Waals surface area contributed by atoms with Crippen molar-refractivity contribution in [2.75, 3.05) is 39.8 Å². The lowest BCUT2D eigenvalue weighted by Gasteiger charge is -2.19. The van der Waals surface area contributed by atoms with Crippen molar-refractivity contribution >= 4 is 0 Å². The first kappa shape index (κ1) is 14.4. The Kier molecular flexibility index (Phi) is 6.18. The summed E-state index contributed by atoms with van der Waals surface area (Å²) in [4.78, 5) is 2.59. The zero-order chi connectivity index (χ0) is 13.3. The van der Waals surface area contributed by atoms with E-state index in [4.69, 9.17) is 4.74 Å². The van der Waals surface area contributed by atoms with E-state index < -0.39 is 0 Å². The molecule has 1 aliphatic heterocycles. The Labute approximate surface area is 116 Å².